The number of nitrogens with zero attached hydrogens (tertiary/aromatic N) is 3. The Hall–Kier alpha value is -4.53. The van der Waals surface area contributed by atoms with Crippen LogP contribution in [0.25, 0.3) is 10.8 Å². The Balaban J connectivity index is 1.63. The van der Waals surface area contributed by atoms with Crippen molar-refractivity contribution in [2.45, 2.75) is 6.54 Å². The number of hydrazine groups is 1. The minimum Gasteiger partial charge on any atom is -0.619 e. The second kappa shape index (κ2) is 8.46. The van der Waals surface area contributed by atoms with Gasteiger partial charge in [0.15, 0.2) is 18.1 Å². The fraction of sp³-hybridized carbons (Fsp3) is 0.0455. The van der Waals surface area contributed by atoms with Crippen LogP contribution in [0.3, 0.4) is 0 Å². The van der Waals surface area contributed by atoms with Crippen molar-refractivity contribution in [1.29, 1.82) is 0 Å². The Kier molecular flexibility index (Phi) is 5.39. The Bertz CT molecular complexity index is 1320. The molecule has 0 aliphatic rings. The van der Waals surface area contributed by atoms with Gasteiger partial charge in [0, 0.05) is 17.5 Å². The predicted molar refractivity (Wildman–Crippen MR) is 112 cm³/mol. The van der Waals surface area contributed by atoms with E-state index in [1.165, 1.54) is 29.2 Å². The molecule has 0 spiro atoms. The molecule has 0 radical (unpaired) electrons. The lowest BCUT2D eigenvalue weighted by atomic mass is 10.1. The molecule has 0 atom stereocenters. The number of carbonyl (C=O) groups excluding carboxylic acids is 2. The van der Waals surface area contributed by atoms with Crippen molar-refractivity contribution in [2.24, 2.45) is 0 Å². The summed E-state index contributed by atoms with van der Waals surface area (Å²) in [6, 6.07) is 18.6. The molecule has 9 heteroatoms. The van der Waals surface area contributed by atoms with E-state index in [1.54, 1.807) is 24.3 Å². The standard InChI is InChI=1S/C22H17N5O4/c28-20(16-10-12-26(31)13-11-16)23-24-21(29)19-17-8-4-5-9-18(17)22(30)27(25-19)14-15-6-2-1-3-7-15/h1-13H,14H2,(H,23,28)(H,24,29). The summed E-state index contributed by atoms with van der Waals surface area (Å²) in [6.07, 6.45) is 2.34. The van der Waals surface area contributed by atoms with Crippen LogP contribution < -0.4 is 21.1 Å². The van der Waals surface area contributed by atoms with Crippen LogP contribution >= 0.6 is 0 Å². The van der Waals surface area contributed by atoms with E-state index in [-0.39, 0.29) is 23.4 Å². The molecule has 0 saturated heterocycles. The van der Waals surface area contributed by atoms with Gasteiger partial charge in [-0.1, -0.05) is 48.5 Å². The van der Waals surface area contributed by atoms with Crippen LogP contribution in [0.1, 0.15) is 26.4 Å². The van der Waals surface area contributed by atoms with Gasteiger partial charge < -0.3 is 5.21 Å². The number of carbonyl (C=O) groups is 2. The summed E-state index contributed by atoms with van der Waals surface area (Å²) in [4.78, 5) is 37.9. The zero-order valence-electron chi connectivity index (χ0n) is 16.2. The molecule has 2 N–H and O–H groups in total. The zero-order chi connectivity index (χ0) is 21.8. The summed E-state index contributed by atoms with van der Waals surface area (Å²) in [6.45, 7) is 0.191. The van der Waals surface area contributed by atoms with Gasteiger partial charge in [0.25, 0.3) is 17.4 Å². The van der Waals surface area contributed by atoms with E-state index in [0.717, 1.165) is 5.56 Å². The lowest BCUT2D eigenvalue weighted by Crippen LogP contribution is -2.43. The molecule has 9 nitrogen and oxygen atoms in total. The first-order valence-corrected chi connectivity index (χ1v) is 9.36. The van der Waals surface area contributed by atoms with Crippen LogP contribution in [0, 0.1) is 5.21 Å². The highest BCUT2D eigenvalue weighted by Crippen LogP contribution is 2.13. The van der Waals surface area contributed by atoms with E-state index in [4.69, 9.17) is 0 Å². The SMILES string of the molecule is O=C(NNC(=O)c1nn(Cc2ccccc2)c(=O)c2ccccc12)c1cc[n+]([O-])cc1. The molecule has 0 bridgehead atoms. The Morgan fingerprint density at radius 1 is 0.871 bits per heavy atom. The molecule has 4 aromatic rings. The topological polar surface area (TPSA) is 120 Å². The molecule has 0 aliphatic carbocycles. The number of nitrogens with one attached hydrogen (secondary N) is 2. The number of fused-ring (bicyclic) bond motifs is 1. The number of rotatable bonds is 4. The van der Waals surface area contributed by atoms with Gasteiger partial charge in [-0.25, -0.2) is 4.68 Å². The molecule has 2 aromatic carbocycles. The summed E-state index contributed by atoms with van der Waals surface area (Å²) in [5.74, 6) is -1.28. The van der Waals surface area contributed by atoms with Crippen LogP contribution in [-0.4, -0.2) is 21.6 Å². The molecule has 31 heavy (non-hydrogen) atoms. The number of benzene rings is 2. The van der Waals surface area contributed by atoms with Gasteiger partial charge in [-0.15, -0.1) is 0 Å². The van der Waals surface area contributed by atoms with E-state index in [2.05, 4.69) is 16.0 Å². The third-order valence-electron chi connectivity index (χ3n) is 4.61. The first-order chi connectivity index (χ1) is 15.0. The van der Waals surface area contributed by atoms with Crippen molar-refractivity contribution >= 4 is 22.6 Å². The van der Waals surface area contributed by atoms with Crippen LogP contribution in [-0.2, 0) is 6.54 Å². The number of hydrogen-bond donors (Lipinski definition) is 2. The first-order valence-electron chi connectivity index (χ1n) is 9.36. The maximum Gasteiger partial charge on any atom is 0.290 e. The van der Waals surface area contributed by atoms with Crippen molar-refractivity contribution in [3.8, 4) is 0 Å². The van der Waals surface area contributed by atoms with Crippen LogP contribution in [0.4, 0.5) is 0 Å². The van der Waals surface area contributed by atoms with Gasteiger partial charge >= 0.3 is 0 Å². The van der Waals surface area contributed by atoms with Crippen molar-refractivity contribution in [1.82, 2.24) is 20.6 Å². The number of hydrogen-bond acceptors (Lipinski definition) is 5. The monoisotopic (exact) mass is 415 g/mol. The zero-order valence-corrected chi connectivity index (χ0v) is 16.2. The highest BCUT2D eigenvalue weighted by atomic mass is 16.5. The average Bonchev–Trinajstić information content (AvgIpc) is 2.80. The molecule has 0 aliphatic heterocycles. The Morgan fingerprint density at radius 2 is 1.48 bits per heavy atom. The summed E-state index contributed by atoms with van der Waals surface area (Å²) in [7, 11) is 0. The number of amides is 2. The molecule has 0 saturated carbocycles. The van der Waals surface area contributed by atoms with Crippen molar-refractivity contribution in [3.63, 3.8) is 0 Å². The van der Waals surface area contributed by atoms with Crippen LogP contribution in [0.15, 0.2) is 83.9 Å². The van der Waals surface area contributed by atoms with Crippen molar-refractivity contribution < 1.29 is 14.3 Å². The maximum absolute atomic E-state index is 12.9. The Labute approximate surface area is 176 Å². The molecule has 2 aromatic heterocycles. The molecule has 154 valence electrons. The third-order valence-corrected chi connectivity index (χ3v) is 4.61. The third kappa shape index (κ3) is 4.25. The van der Waals surface area contributed by atoms with Gasteiger partial charge in [0.1, 0.15) is 0 Å². The number of pyridine rings is 1. The first kappa shape index (κ1) is 19.8. The highest BCUT2D eigenvalue weighted by Gasteiger charge is 2.18. The van der Waals surface area contributed by atoms with Crippen LogP contribution in [0.5, 0.6) is 0 Å². The Morgan fingerprint density at radius 3 is 2.19 bits per heavy atom. The lowest BCUT2D eigenvalue weighted by molar-refractivity contribution is -0.605. The van der Waals surface area contributed by atoms with E-state index in [0.29, 0.717) is 15.5 Å². The molecule has 0 fully saturated rings. The van der Waals surface area contributed by atoms with Gasteiger partial charge in [-0.2, -0.15) is 9.83 Å². The van der Waals surface area contributed by atoms with E-state index in [1.807, 2.05) is 30.3 Å². The minimum atomic E-state index is -0.679. The van der Waals surface area contributed by atoms with E-state index >= 15 is 0 Å². The summed E-state index contributed by atoms with van der Waals surface area (Å²) in [5.41, 5.74) is 5.32. The fourth-order valence-corrected chi connectivity index (χ4v) is 3.08. The highest BCUT2D eigenvalue weighted by molar-refractivity contribution is 6.06. The normalized spacial score (nSPS) is 10.6. The average molecular weight is 415 g/mol. The molecule has 0 unspecified atom stereocenters. The van der Waals surface area contributed by atoms with E-state index in [9.17, 15) is 19.6 Å². The smallest absolute Gasteiger partial charge is 0.290 e. The van der Waals surface area contributed by atoms with Gasteiger partial charge in [-0.05, 0) is 11.6 Å². The second-order valence-corrected chi connectivity index (χ2v) is 6.70. The predicted octanol–water partition coefficient (Wildman–Crippen LogP) is 1.15. The molecule has 2 amide bonds. The molecule has 4 rings (SSSR count). The van der Waals surface area contributed by atoms with Gasteiger partial charge in [0.2, 0.25) is 0 Å². The van der Waals surface area contributed by atoms with E-state index < -0.39 is 11.8 Å². The van der Waals surface area contributed by atoms with Crippen molar-refractivity contribution in [3.05, 3.63) is 112 Å². The van der Waals surface area contributed by atoms with Crippen LogP contribution in [0.2, 0.25) is 0 Å². The molecular weight excluding hydrogens is 398 g/mol. The number of aromatic nitrogens is 3. The van der Waals surface area contributed by atoms with Gasteiger partial charge in [0.05, 0.1) is 17.5 Å². The van der Waals surface area contributed by atoms with Gasteiger partial charge in [-0.3, -0.25) is 25.2 Å². The summed E-state index contributed by atoms with van der Waals surface area (Å²) < 4.78 is 1.76. The molecule has 2 heterocycles. The van der Waals surface area contributed by atoms with Crippen molar-refractivity contribution in [2.75, 3.05) is 0 Å². The largest absolute Gasteiger partial charge is 0.619 e. The second-order valence-electron chi connectivity index (χ2n) is 6.70. The summed E-state index contributed by atoms with van der Waals surface area (Å²) >= 11 is 0. The summed E-state index contributed by atoms with van der Waals surface area (Å²) in [5, 5.41) is 16.1. The quantitative estimate of drug-likeness (QED) is 0.294. The maximum atomic E-state index is 12.9. The fourth-order valence-electron chi connectivity index (χ4n) is 3.08. The lowest BCUT2D eigenvalue weighted by Gasteiger charge is -2.12. The minimum absolute atomic E-state index is 0.00288. The molecular formula is C22H17N5O4.